The Morgan fingerprint density at radius 1 is 1.26 bits per heavy atom. The zero-order valence-corrected chi connectivity index (χ0v) is 14.6. The molecular weight excluding hydrogens is 286 g/mol. The second kappa shape index (κ2) is 8.49. The number of benzene rings is 1. The van der Waals surface area contributed by atoms with Crippen LogP contribution in [0.2, 0.25) is 0 Å². The van der Waals surface area contributed by atoms with Crippen molar-refractivity contribution in [2.75, 3.05) is 6.61 Å². The third-order valence-corrected chi connectivity index (χ3v) is 4.18. The van der Waals surface area contributed by atoms with Gasteiger partial charge in [0, 0.05) is 5.56 Å². The molecule has 0 amide bonds. The minimum absolute atomic E-state index is 0.129. The van der Waals surface area contributed by atoms with E-state index >= 15 is 0 Å². The van der Waals surface area contributed by atoms with Gasteiger partial charge in [-0.3, -0.25) is 5.32 Å². The minimum atomic E-state index is -0.717. The molecular formula is C20H29NO2. The van der Waals surface area contributed by atoms with E-state index in [2.05, 4.69) is 36.2 Å². The Labute approximate surface area is 140 Å². The van der Waals surface area contributed by atoms with Crippen molar-refractivity contribution in [3.63, 3.8) is 0 Å². The molecule has 1 aliphatic rings. The number of hydrogen-bond donors (Lipinski definition) is 2. The van der Waals surface area contributed by atoms with Crippen LogP contribution < -0.4 is 5.32 Å². The third kappa shape index (κ3) is 5.99. The first-order chi connectivity index (χ1) is 11.0. The zero-order valence-electron chi connectivity index (χ0n) is 14.6. The van der Waals surface area contributed by atoms with Crippen LogP contribution in [0, 0.1) is 11.8 Å². The maximum atomic E-state index is 10.1. The monoisotopic (exact) mass is 315 g/mol. The van der Waals surface area contributed by atoms with Crippen LogP contribution in [-0.2, 0) is 11.2 Å². The minimum Gasteiger partial charge on any atom is -0.379 e. The average molecular weight is 315 g/mol. The fourth-order valence-corrected chi connectivity index (χ4v) is 2.77. The highest BCUT2D eigenvalue weighted by molar-refractivity contribution is 5.37. The molecule has 3 heteroatoms. The van der Waals surface area contributed by atoms with Crippen molar-refractivity contribution in [3.05, 3.63) is 35.4 Å². The summed E-state index contributed by atoms with van der Waals surface area (Å²) < 4.78 is 5.56. The summed E-state index contributed by atoms with van der Waals surface area (Å²) in [6.45, 7) is 6.62. The Morgan fingerprint density at radius 2 is 2.00 bits per heavy atom. The summed E-state index contributed by atoms with van der Waals surface area (Å²) in [7, 11) is 0. The molecule has 0 aliphatic carbocycles. The molecule has 3 nitrogen and oxygen atoms in total. The van der Waals surface area contributed by atoms with Gasteiger partial charge in [-0.25, -0.2) is 0 Å². The summed E-state index contributed by atoms with van der Waals surface area (Å²) in [5.74, 6) is 5.98. The van der Waals surface area contributed by atoms with Crippen LogP contribution in [0.25, 0.3) is 0 Å². The van der Waals surface area contributed by atoms with Gasteiger partial charge in [0.1, 0.15) is 11.8 Å². The lowest BCUT2D eigenvalue weighted by molar-refractivity contribution is 0.0228. The van der Waals surface area contributed by atoms with E-state index in [4.69, 9.17) is 4.74 Å². The van der Waals surface area contributed by atoms with Gasteiger partial charge < -0.3 is 9.84 Å². The normalized spacial score (nSPS) is 20.8. The molecule has 1 saturated heterocycles. The van der Waals surface area contributed by atoms with Crippen LogP contribution in [0.3, 0.4) is 0 Å². The first-order valence-electron chi connectivity index (χ1n) is 8.70. The van der Waals surface area contributed by atoms with E-state index in [1.165, 1.54) is 31.2 Å². The van der Waals surface area contributed by atoms with Crippen molar-refractivity contribution in [1.29, 1.82) is 0 Å². The lowest BCUT2D eigenvalue weighted by Gasteiger charge is -2.18. The quantitative estimate of drug-likeness (QED) is 0.625. The van der Waals surface area contributed by atoms with Crippen LogP contribution >= 0.6 is 0 Å². The maximum absolute atomic E-state index is 10.1. The van der Waals surface area contributed by atoms with E-state index in [0.717, 1.165) is 12.0 Å². The molecule has 0 saturated carbocycles. The number of aryl methyl sites for hydroxylation is 1. The predicted molar refractivity (Wildman–Crippen MR) is 94.1 cm³/mol. The van der Waals surface area contributed by atoms with E-state index in [1.54, 1.807) is 0 Å². The predicted octanol–water partition coefficient (Wildman–Crippen LogP) is 3.25. The van der Waals surface area contributed by atoms with Crippen molar-refractivity contribution in [2.45, 2.75) is 70.7 Å². The van der Waals surface area contributed by atoms with Crippen LogP contribution in [-0.4, -0.2) is 29.6 Å². The van der Waals surface area contributed by atoms with Crippen molar-refractivity contribution < 1.29 is 9.84 Å². The van der Waals surface area contributed by atoms with Crippen molar-refractivity contribution >= 4 is 0 Å². The van der Waals surface area contributed by atoms with E-state index in [9.17, 15) is 5.11 Å². The van der Waals surface area contributed by atoms with Gasteiger partial charge >= 0.3 is 0 Å². The van der Waals surface area contributed by atoms with Crippen molar-refractivity contribution in [1.82, 2.24) is 5.32 Å². The lowest BCUT2D eigenvalue weighted by atomic mass is 10.0. The second-order valence-electron chi connectivity index (χ2n) is 6.79. The molecule has 1 aromatic rings. The summed E-state index contributed by atoms with van der Waals surface area (Å²) in [5.41, 5.74) is 1.92. The van der Waals surface area contributed by atoms with Crippen LogP contribution in [0.5, 0.6) is 0 Å². The van der Waals surface area contributed by atoms with Crippen molar-refractivity contribution in [3.8, 4) is 11.8 Å². The van der Waals surface area contributed by atoms with Gasteiger partial charge in [0.15, 0.2) is 0 Å². The molecule has 2 atom stereocenters. The molecule has 0 bridgehead atoms. The number of aliphatic hydroxyl groups excluding tert-OH is 1. The highest BCUT2D eigenvalue weighted by Crippen LogP contribution is 2.16. The molecule has 0 aromatic heterocycles. The zero-order chi connectivity index (χ0) is 16.7. The van der Waals surface area contributed by atoms with E-state index in [-0.39, 0.29) is 11.8 Å². The van der Waals surface area contributed by atoms with E-state index < -0.39 is 6.10 Å². The van der Waals surface area contributed by atoms with Crippen LogP contribution in [0.15, 0.2) is 24.3 Å². The highest BCUT2D eigenvalue weighted by Gasteiger charge is 2.34. The van der Waals surface area contributed by atoms with Gasteiger partial charge in [0.2, 0.25) is 0 Å². The fraction of sp³-hybridized carbons (Fsp3) is 0.600. The molecule has 0 unspecified atom stereocenters. The number of ether oxygens (including phenoxy) is 1. The molecule has 23 heavy (non-hydrogen) atoms. The Kier molecular flexibility index (Phi) is 6.65. The summed E-state index contributed by atoms with van der Waals surface area (Å²) in [6, 6.07) is 8.23. The van der Waals surface area contributed by atoms with Gasteiger partial charge in [-0.1, -0.05) is 50.2 Å². The number of aliphatic hydroxyl groups is 1. The molecule has 2 N–H and O–H groups in total. The number of rotatable bonds is 6. The molecule has 1 heterocycles. The van der Waals surface area contributed by atoms with Gasteiger partial charge in [-0.2, -0.15) is 0 Å². The van der Waals surface area contributed by atoms with Gasteiger partial charge in [-0.15, -0.1) is 0 Å². The molecule has 0 radical (unpaired) electrons. The first-order valence-corrected chi connectivity index (χ1v) is 8.70. The first kappa shape index (κ1) is 18.0. The second-order valence-corrected chi connectivity index (χ2v) is 6.79. The maximum Gasteiger partial charge on any atom is 0.132 e. The number of nitrogens with one attached hydrogen (secondary N) is 1. The van der Waals surface area contributed by atoms with Crippen LogP contribution in [0.4, 0.5) is 0 Å². The summed E-state index contributed by atoms with van der Waals surface area (Å²) in [4.78, 5) is 0. The lowest BCUT2D eigenvalue weighted by Crippen LogP contribution is -2.43. The standard InChI is InChI=1S/C20H29NO2/c1-4-5-6-7-8-16-9-11-17(12-10-16)13-14-19(22)18-15-23-20(2,3)21-18/h9-12,18-19,21-22H,4-8,15H2,1-3H3/t18-,19+/m1/s1. The van der Waals surface area contributed by atoms with Gasteiger partial charge in [0.05, 0.1) is 12.6 Å². The molecule has 126 valence electrons. The van der Waals surface area contributed by atoms with Gasteiger partial charge in [0.25, 0.3) is 0 Å². The SMILES string of the molecule is CCCCCCc1ccc(C#C[C@H](O)[C@H]2COC(C)(C)N2)cc1. The molecule has 1 fully saturated rings. The van der Waals surface area contributed by atoms with E-state index in [1.807, 2.05) is 26.0 Å². The molecule has 2 rings (SSSR count). The van der Waals surface area contributed by atoms with Crippen LogP contribution in [0.1, 0.15) is 57.6 Å². The Bertz CT molecular complexity index is 539. The third-order valence-electron chi connectivity index (χ3n) is 4.18. The summed E-state index contributed by atoms with van der Waals surface area (Å²) in [5, 5.41) is 13.4. The summed E-state index contributed by atoms with van der Waals surface area (Å²) in [6.07, 6.45) is 5.56. The summed E-state index contributed by atoms with van der Waals surface area (Å²) >= 11 is 0. The molecule has 0 spiro atoms. The highest BCUT2D eigenvalue weighted by atomic mass is 16.5. The fourth-order valence-electron chi connectivity index (χ4n) is 2.77. The van der Waals surface area contributed by atoms with Crippen molar-refractivity contribution in [2.24, 2.45) is 0 Å². The number of hydrogen-bond acceptors (Lipinski definition) is 3. The number of unbranched alkanes of at least 4 members (excludes halogenated alkanes) is 3. The Morgan fingerprint density at radius 3 is 2.61 bits per heavy atom. The Hall–Kier alpha value is -1.34. The molecule has 1 aromatic carbocycles. The average Bonchev–Trinajstić information content (AvgIpc) is 2.90. The van der Waals surface area contributed by atoms with Gasteiger partial charge in [-0.05, 0) is 44.4 Å². The largest absolute Gasteiger partial charge is 0.379 e. The Balaban J connectivity index is 1.84. The topological polar surface area (TPSA) is 41.5 Å². The molecule has 1 aliphatic heterocycles. The smallest absolute Gasteiger partial charge is 0.132 e. The van der Waals surface area contributed by atoms with E-state index in [0.29, 0.717) is 6.61 Å².